The molecule has 7 heterocycles. The number of aliphatic hydroxyl groups is 1. The molecule has 372 valence electrons. The molecule has 0 unspecified atom stereocenters. The Morgan fingerprint density at radius 2 is 1.69 bits per heavy atom. The predicted molar refractivity (Wildman–Crippen MR) is 273 cm³/mol. The number of amides is 3. The number of β-amino-alcohol motifs (C(OH)–C–C–N with tert-alkyl or cyclic N) is 1. The summed E-state index contributed by atoms with van der Waals surface area (Å²) in [5.41, 5.74) is 9.54. The van der Waals surface area contributed by atoms with Gasteiger partial charge in [-0.2, -0.15) is 0 Å². The molecule has 10 rings (SSSR count). The van der Waals surface area contributed by atoms with Gasteiger partial charge < -0.3 is 40.5 Å². The van der Waals surface area contributed by atoms with Crippen LogP contribution in [0.1, 0.15) is 113 Å². The third-order valence-electron chi connectivity index (χ3n) is 15.5. The van der Waals surface area contributed by atoms with Crippen LogP contribution in [0, 0.1) is 18.3 Å². The number of aromatic hydroxyl groups is 1. The van der Waals surface area contributed by atoms with Crippen molar-refractivity contribution in [2.75, 3.05) is 31.1 Å². The highest BCUT2D eigenvalue weighted by molar-refractivity contribution is 7.13. The molecule has 2 aromatic carbocycles. The van der Waals surface area contributed by atoms with Gasteiger partial charge in [-0.05, 0) is 106 Å². The number of carbonyl (C=O) groups excluding carboxylic acids is 3. The first-order chi connectivity index (χ1) is 34.2. The number of carbonyl (C=O) groups is 3. The van der Waals surface area contributed by atoms with E-state index >= 15 is 0 Å². The number of aryl methyl sites for hydroxylation is 1. The minimum Gasteiger partial charge on any atom is -0.507 e. The molecule has 4 aliphatic rings. The fourth-order valence-corrected chi connectivity index (χ4v) is 12.3. The molecular formula is C54H65N11O5S. The molecule has 0 radical (unpaired) electrons. The van der Waals surface area contributed by atoms with Crippen molar-refractivity contribution in [2.24, 2.45) is 11.3 Å². The number of phenols is 1. The summed E-state index contributed by atoms with van der Waals surface area (Å²) in [6.07, 6.45) is 7.27. The van der Waals surface area contributed by atoms with Gasteiger partial charge in [-0.3, -0.25) is 14.4 Å². The number of thiazole rings is 1. The number of aliphatic hydroxyl groups excluding tert-OH is 1. The van der Waals surface area contributed by atoms with Gasteiger partial charge in [0.1, 0.15) is 17.8 Å². The second-order valence-corrected chi connectivity index (χ2v) is 22.0. The van der Waals surface area contributed by atoms with E-state index in [2.05, 4.69) is 53.6 Å². The van der Waals surface area contributed by atoms with Gasteiger partial charge >= 0.3 is 0 Å². The number of hydrogen-bond donors (Lipinski definition) is 5. The fraction of sp³-hybridized carbons (Fsp3) is 0.481. The van der Waals surface area contributed by atoms with Gasteiger partial charge in [-0.25, -0.2) is 15.0 Å². The minimum absolute atomic E-state index is 0.00635. The standard InChI is InChI=1S/C54H65N11O5S/c1-31-47(71-30-57-31)35-12-10-33(11-13-35)28-56-51(69)44-26-38(66)29-65(44)52(70)48(54(3,4)5)60-50(68)36-14-16-37(17-15-36)63-23-19-34(20-24-63)41-18-22-55-53(59-41)64-25-21-42-46(32(64)2)40-27-43(61-62-49(40)58-42)39-8-6-7-9-45(39)67/h6-13,18,22,27,30,32,34,36-38,44,48,66-67H,14-17,19-21,23-26,28-29H2,1-5H3,(H,56,69)(H,58,62)(H,60,68)/t32-,36?,37?,38-,44+,48-/m1/s1. The number of para-hydroxylation sites is 1. The highest BCUT2D eigenvalue weighted by Crippen LogP contribution is 2.40. The van der Waals surface area contributed by atoms with E-state index in [1.54, 1.807) is 23.5 Å². The number of phenolic OH excluding ortho intramolecular Hbond substituents is 1. The zero-order valence-corrected chi connectivity index (χ0v) is 42.1. The molecule has 16 nitrogen and oxygen atoms in total. The van der Waals surface area contributed by atoms with Crippen LogP contribution < -0.4 is 15.5 Å². The first-order valence-corrected chi connectivity index (χ1v) is 26.1. The van der Waals surface area contributed by atoms with E-state index in [0.29, 0.717) is 23.2 Å². The van der Waals surface area contributed by atoms with Crippen LogP contribution in [0.5, 0.6) is 5.75 Å². The Balaban J connectivity index is 0.715. The Bertz CT molecular complexity index is 2900. The van der Waals surface area contributed by atoms with Gasteiger partial charge in [-0.15, -0.1) is 21.5 Å². The van der Waals surface area contributed by atoms with E-state index in [0.717, 1.165) is 120 Å². The smallest absolute Gasteiger partial charge is 0.246 e. The van der Waals surface area contributed by atoms with Crippen molar-refractivity contribution < 1.29 is 24.6 Å². The molecule has 17 heteroatoms. The lowest BCUT2D eigenvalue weighted by atomic mass is 9.81. The lowest BCUT2D eigenvalue weighted by Crippen LogP contribution is -2.58. The number of aromatic amines is 1. The number of nitrogens with zero attached hydrogens (tertiary/aromatic N) is 8. The lowest BCUT2D eigenvalue weighted by Gasteiger charge is -2.41. The maximum Gasteiger partial charge on any atom is 0.246 e. The van der Waals surface area contributed by atoms with Crippen LogP contribution >= 0.6 is 11.3 Å². The number of piperidine rings is 1. The van der Waals surface area contributed by atoms with Crippen LogP contribution in [0.2, 0.25) is 0 Å². The van der Waals surface area contributed by atoms with E-state index in [1.165, 1.54) is 4.90 Å². The molecule has 3 amide bonds. The average Bonchev–Trinajstić information content (AvgIpc) is 4.11. The maximum absolute atomic E-state index is 14.3. The van der Waals surface area contributed by atoms with Crippen molar-refractivity contribution in [2.45, 2.75) is 129 Å². The monoisotopic (exact) mass is 979 g/mol. The van der Waals surface area contributed by atoms with Crippen LogP contribution in [-0.2, 0) is 27.3 Å². The zero-order chi connectivity index (χ0) is 49.6. The quantitative estimate of drug-likeness (QED) is 0.0873. The lowest BCUT2D eigenvalue weighted by molar-refractivity contribution is -0.144. The zero-order valence-electron chi connectivity index (χ0n) is 41.3. The number of likely N-dealkylation sites (tertiary alicyclic amines) is 2. The molecule has 3 fully saturated rings. The SMILES string of the molecule is Cc1ncsc1-c1ccc(CNC(=O)[C@@H]2C[C@@H](O)CN2C(=O)[C@@H](NC(=O)C2CCC(N3CCC(c4ccnc(N5CCc6[nH]c7nnc(-c8ccccc8O)cc7c6[C@H]5C)n4)CC3)CC2)C(C)(C)C)cc1. The first-order valence-electron chi connectivity index (χ1n) is 25.3. The first kappa shape index (κ1) is 48.3. The van der Waals surface area contributed by atoms with E-state index < -0.39 is 23.6 Å². The van der Waals surface area contributed by atoms with Crippen LogP contribution in [0.15, 0.2) is 72.4 Å². The molecule has 1 aliphatic carbocycles. The van der Waals surface area contributed by atoms with Crippen molar-refractivity contribution in [3.05, 3.63) is 101 Å². The molecule has 71 heavy (non-hydrogen) atoms. The second-order valence-electron chi connectivity index (χ2n) is 21.1. The highest BCUT2D eigenvalue weighted by atomic mass is 32.1. The van der Waals surface area contributed by atoms with Gasteiger partial charge in [0.2, 0.25) is 23.7 Å². The number of benzene rings is 2. The Hall–Kier alpha value is -6.30. The maximum atomic E-state index is 14.3. The number of fused-ring (bicyclic) bond motifs is 3. The summed E-state index contributed by atoms with van der Waals surface area (Å²) in [5.74, 6) is 0.220. The summed E-state index contributed by atoms with van der Waals surface area (Å²) in [5, 5.41) is 37.3. The van der Waals surface area contributed by atoms with Crippen LogP contribution in [0.4, 0.5) is 5.95 Å². The van der Waals surface area contributed by atoms with E-state index in [4.69, 9.17) is 9.97 Å². The third kappa shape index (κ3) is 10.0. The van der Waals surface area contributed by atoms with E-state index in [1.807, 2.05) is 81.9 Å². The van der Waals surface area contributed by atoms with Crippen molar-refractivity contribution >= 4 is 46.0 Å². The third-order valence-corrected chi connectivity index (χ3v) is 16.5. The topological polar surface area (TPSA) is 206 Å². The van der Waals surface area contributed by atoms with Crippen molar-refractivity contribution in [1.82, 2.24) is 50.6 Å². The highest BCUT2D eigenvalue weighted by Gasteiger charge is 2.45. The second kappa shape index (κ2) is 20.1. The number of nitrogens with one attached hydrogen (secondary N) is 3. The predicted octanol–water partition coefficient (Wildman–Crippen LogP) is 7.22. The fourth-order valence-electron chi connectivity index (χ4n) is 11.4. The van der Waals surface area contributed by atoms with Crippen molar-refractivity contribution in [1.29, 1.82) is 0 Å². The Morgan fingerprint density at radius 3 is 2.41 bits per heavy atom. The molecule has 1 saturated carbocycles. The van der Waals surface area contributed by atoms with Crippen LogP contribution in [-0.4, -0.2) is 118 Å². The van der Waals surface area contributed by atoms with Crippen molar-refractivity contribution in [3.8, 4) is 27.4 Å². The summed E-state index contributed by atoms with van der Waals surface area (Å²) in [6, 6.07) is 17.9. The van der Waals surface area contributed by atoms with Gasteiger partial charge in [0, 0.05) is 84.5 Å². The number of hydrogen-bond acceptors (Lipinski definition) is 13. The average molecular weight is 980 g/mol. The summed E-state index contributed by atoms with van der Waals surface area (Å²) in [4.78, 5) is 67.3. The molecule has 5 N–H and O–H groups in total. The van der Waals surface area contributed by atoms with Crippen LogP contribution in [0.25, 0.3) is 32.7 Å². The van der Waals surface area contributed by atoms with Gasteiger partial charge in [-0.1, -0.05) is 57.2 Å². The molecule has 0 spiro atoms. The Morgan fingerprint density at radius 1 is 0.930 bits per heavy atom. The van der Waals surface area contributed by atoms with Gasteiger partial charge in [0.15, 0.2) is 5.65 Å². The largest absolute Gasteiger partial charge is 0.507 e. The van der Waals surface area contributed by atoms with E-state index in [-0.39, 0.29) is 54.9 Å². The molecule has 6 aromatic rings. The normalized spacial score (nSPS) is 22.6. The molecular weight excluding hydrogens is 915 g/mol. The summed E-state index contributed by atoms with van der Waals surface area (Å²) in [6.45, 7) is 13.0. The molecule has 3 aliphatic heterocycles. The number of H-pyrrole nitrogens is 1. The van der Waals surface area contributed by atoms with Crippen molar-refractivity contribution in [3.63, 3.8) is 0 Å². The molecule has 2 saturated heterocycles. The van der Waals surface area contributed by atoms with E-state index in [9.17, 15) is 24.6 Å². The van der Waals surface area contributed by atoms with Crippen LogP contribution in [0.3, 0.4) is 0 Å². The van der Waals surface area contributed by atoms with Gasteiger partial charge in [0.25, 0.3) is 0 Å². The summed E-state index contributed by atoms with van der Waals surface area (Å²) in [7, 11) is 0. The Kier molecular flexibility index (Phi) is 13.7. The molecule has 4 atom stereocenters. The summed E-state index contributed by atoms with van der Waals surface area (Å²) >= 11 is 1.59. The Labute approximate surface area is 418 Å². The molecule has 4 aromatic heterocycles. The minimum atomic E-state index is -0.860. The number of aromatic nitrogens is 6. The number of anilines is 1. The molecule has 0 bridgehead atoms. The van der Waals surface area contributed by atoms with Gasteiger partial charge in [0.05, 0.1) is 33.9 Å². The summed E-state index contributed by atoms with van der Waals surface area (Å²) < 4.78 is 0. The number of rotatable bonds is 11.